The van der Waals surface area contributed by atoms with E-state index in [0.29, 0.717) is 37.8 Å². The van der Waals surface area contributed by atoms with Crippen LogP contribution in [0.25, 0.3) is 6.08 Å². The number of benzene rings is 1. The number of hydrogen-bond donors (Lipinski definition) is 3. The van der Waals surface area contributed by atoms with E-state index in [1.54, 1.807) is 11.0 Å². The lowest BCUT2D eigenvalue weighted by molar-refractivity contribution is -0.138. The van der Waals surface area contributed by atoms with Gasteiger partial charge in [-0.15, -0.1) is 0 Å². The fourth-order valence-corrected chi connectivity index (χ4v) is 5.62. The largest absolute Gasteiger partial charge is 0.416 e. The molecule has 33 heavy (non-hydrogen) atoms. The number of nitrogens with one attached hydrogen (secondary N) is 3. The van der Waals surface area contributed by atoms with Gasteiger partial charge in [-0.25, -0.2) is 10.9 Å². The lowest BCUT2D eigenvalue weighted by Crippen LogP contribution is -2.45. The number of fused-ring (bicyclic) bond motifs is 2. The summed E-state index contributed by atoms with van der Waals surface area (Å²) in [4.78, 5) is 29.4. The summed E-state index contributed by atoms with van der Waals surface area (Å²) < 4.78 is 38.0. The number of hydrogen-bond acceptors (Lipinski definition) is 5. The molecule has 10 heteroatoms. The van der Waals surface area contributed by atoms with Crippen molar-refractivity contribution in [2.75, 3.05) is 26.2 Å². The van der Waals surface area contributed by atoms with E-state index >= 15 is 0 Å². The summed E-state index contributed by atoms with van der Waals surface area (Å²) in [7, 11) is 0. The average molecular weight is 464 g/mol. The van der Waals surface area contributed by atoms with Gasteiger partial charge in [0.25, 0.3) is 0 Å². The molecule has 1 aliphatic carbocycles. The van der Waals surface area contributed by atoms with E-state index in [4.69, 9.17) is 0 Å². The maximum atomic E-state index is 13.1. The van der Waals surface area contributed by atoms with Gasteiger partial charge in [0.2, 0.25) is 11.8 Å². The molecule has 3 N–H and O–H groups in total. The molecule has 4 aliphatic rings. The molecule has 0 bridgehead atoms. The van der Waals surface area contributed by atoms with Crippen LogP contribution in [0.15, 0.2) is 30.3 Å². The van der Waals surface area contributed by atoms with Gasteiger partial charge in [-0.1, -0.05) is 12.1 Å². The summed E-state index contributed by atoms with van der Waals surface area (Å²) in [6.45, 7) is 2.58. The maximum Gasteiger partial charge on any atom is 0.416 e. The number of rotatable bonds is 3. The van der Waals surface area contributed by atoms with Crippen molar-refractivity contribution >= 4 is 17.9 Å². The lowest BCUT2D eigenvalue weighted by Gasteiger charge is -2.32. The van der Waals surface area contributed by atoms with E-state index in [-0.39, 0.29) is 35.6 Å². The SMILES string of the molecule is O=C(/C=C/c1ccc(C(F)(F)F)cc1)N1C[C@@H]2CN(C(=O)C3CCC4NNNC4C3)C[C@H]2C1. The van der Waals surface area contributed by atoms with Crippen molar-refractivity contribution < 1.29 is 22.8 Å². The van der Waals surface area contributed by atoms with Gasteiger partial charge in [-0.3, -0.25) is 9.59 Å². The minimum atomic E-state index is -4.37. The fourth-order valence-electron chi connectivity index (χ4n) is 5.62. The van der Waals surface area contributed by atoms with Crippen LogP contribution >= 0.6 is 0 Å². The number of carbonyl (C=O) groups excluding carboxylic acids is 2. The summed E-state index contributed by atoms with van der Waals surface area (Å²) in [5.41, 5.74) is 9.18. The molecule has 1 saturated carbocycles. The number of halogens is 3. The summed E-state index contributed by atoms with van der Waals surface area (Å²) >= 11 is 0. The van der Waals surface area contributed by atoms with Crippen LogP contribution in [0.4, 0.5) is 13.2 Å². The third kappa shape index (κ3) is 4.64. The van der Waals surface area contributed by atoms with Crippen LogP contribution in [-0.2, 0) is 15.8 Å². The van der Waals surface area contributed by atoms with Crippen molar-refractivity contribution in [1.82, 2.24) is 26.2 Å². The second-order valence-corrected chi connectivity index (χ2v) is 9.60. The summed E-state index contributed by atoms with van der Waals surface area (Å²) in [6.07, 6.45) is 1.28. The molecular formula is C23H28F3N5O2. The number of hydrazine groups is 2. The van der Waals surface area contributed by atoms with E-state index in [2.05, 4.69) is 16.4 Å². The average Bonchev–Trinajstić information content (AvgIpc) is 3.50. The third-order valence-electron chi connectivity index (χ3n) is 7.48. The zero-order valence-electron chi connectivity index (χ0n) is 18.1. The Hall–Kier alpha value is -2.43. The highest BCUT2D eigenvalue weighted by molar-refractivity contribution is 5.92. The van der Waals surface area contributed by atoms with Crippen LogP contribution in [-0.4, -0.2) is 59.9 Å². The van der Waals surface area contributed by atoms with Crippen molar-refractivity contribution in [1.29, 1.82) is 0 Å². The molecule has 178 valence electrons. The quantitative estimate of drug-likeness (QED) is 0.596. The van der Waals surface area contributed by atoms with Gasteiger partial charge in [0.1, 0.15) is 0 Å². The zero-order valence-corrected chi connectivity index (χ0v) is 18.1. The van der Waals surface area contributed by atoms with Gasteiger partial charge in [0, 0.05) is 62.1 Å². The number of carbonyl (C=O) groups is 2. The van der Waals surface area contributed by atoms with Crippen molar-refractivity contribution in [3.8, 4) is 0 Å². The van der Waals surface area contributed by atoms with Gasteiger partial charge < -0.3 is 9.80 Å². The van der Waals surface area contributed by atoms with Crippen molar-refractivity contribution in [2.24, 2.45) is 17.8 Å². The van der Waals surface area contributed by atoms with E-state index in [1.807, 2.05) is 4.90 Å². The first-order chi connectivity index (χ1) is 15.8. The molecule has 2 amide bonds. The molecule has 3 heterocycles. The standard InChI is InChI=1S/C23H28F3N5O2/c24-23(25,26)18-5-1-14(2-6-18)3-8-21(32)30-10-16-12-31(13-17(16)11-30)22(33)15-4-7-19-20(9-15)28-29-27-19/h1-3,5-6,8,15-17,19-20,27-29H,4,7,9-13H2/b8-3+/t15?,16-,17-,19?,20?/m1/s1. The summed E-state index contributed by atoms with van der Waals surface area (Å²) in [5, 5.41) is 0. The molecule has 0 aromatic heterocycles. The van der Waals surface area contributed by atoms with Gasteiger partial charge in [-0.05, 0) is 43.0 Å². The topological polar surface area (TPSA) is 76.7 Å². The Bertz CT molecular complexity index is 921. The van der Waals surface area contributed by atoms with Crippen LogP contribution in [0.5, 0.6) is 0 Å². The van der Waals surface area contributed by atoms with Gasteiger partial charge >= 0.3 is 6.18 Å². The molecule has 7 nitrogen and oxygen atoms in total. The van der Waals surface area contributed by atoms with E-state index in [1.165, 1.54) is 18.2 Å². The Labute approximate surface area is 190 Å². The summed E-state index contributed by atoms with van der Waals surface area (Å²) in [6, 6.07) is 5.39. The molecule has 5 rings (SSSR count). The zero-order chi connectivity index (χ0) is 23.2. The molecule has 3 saturated heterocycles. The Balaban J connectivity index is 1.12. The predicted octanol–water partition coefficient (Wildman–Crippen LogP) is 1.79. The number of alkyl halides is 3. The van der Waals surface area contributed by atoms with Crippen molar-refractivity contribution in [3.63, 3.8) is 0 Å². The highest BCUT2D eigenvalue weighted by Crippen LogP contribution is 2.35. The Morgan fingerprint density at radius 3 is 2.21 bits per heavy atom. The van der Waals surface area contributed by atoms with Crippen LogP contribution < -0.4 is 16.4 Å². The Morgan fingerprint density at radius 1 is 0.909 bits per heavy atom. The number of nitrogens with zero attached hydrogens (tertiary/aromatic N) is 2. The Kier molecular flexibility index (Phi) is 5.92. The molecule has 1 aromatic carbocycles. The lowest BCUT2D eigenvalue weighted by atomic mass is 9.82. The molecule has 0 radical (unpaired) electrons. The monoisotopic (exact) mass is 463 g/mol. The second kappa shape index (κ2) is 8.73. The highest BCUT2D eigenvalue weighted by atomic mass is 19.4. The molecule has 3 aliphatic heterocycles. The minimum Gasteiger partial charge on any atom is -0.342 e. The van der Waals surface area contributed by atoms with E-state index in [9.17, 15) is 22.8 Å². The van der Waals surface area contributed by atoms with Gasteiger partial charge in [0.15, 0.2) is 0 Å². The first-order valence-electron chi connectivity index (χ1n) is 11.5. The first kappa shape index (κ1) is 22.4. The molecule has 1 aromatic rings. The maximum absolute atomic E-state index is 13.1. The number of likely N-dealkylation sites (tertiary alicyclic amines) is 2. The highest BCUT2D eigenvalue weighted by Gasteiger charge is 2.45. The smallest absolute Gasteiger partial charge is 0.342 e. The normalized spacial score (nSPS) is 31.8. The first-order valence-corrected chi connectivity index (χ1v) is 11.5. The van der Waals surface area contributed by atoms with Gasteiger partial charge in [0.05, 0.1) is 5.56 Å². The minimum absolute atomic E-state index is 0.0451. The van der Waals surface area contributed by atoms with Crippen LogP contribution in [0.2, 0.25) is 0 Å². The molecule has 5 atom stereocenters. The van der Waals surface area contributed by atoms with E-state index < -0.39 is 11.7 Å². The predicted molar refractivity (Wildman–Crippen MR) is 115 cm³/mol. The van der Waals surface area contributed by atoms with Crippen molar-refractivity contribution in [2.45, 2.75) is 37.5 Å². The van der Waals surface area contributed by atoms with Crippen molar-refractivity contribution in [3.05, 3.63) is 41.5 Å². The van der Waals surface area contributed by atoms with Crippen LogP contribution in [0.3, 0.4) is 0 Å². The second-order valence-electron chi connectivity index (χ2n) is 9.60. The third-order valence-corrected chi connectivity index (χ3v) is 7.48. The Morgan fingerprint density at radius 2 is 1.55 bits per heavy atom. The molecule has 3 unspecified atom stereocenters. The van der Waals surface area contributed by atoms with Gasteiger partial charge in [-0.2, -0.15) is 18.7 Å². The molecular weight excluding hydrogens is 435 g/mol. The summed E-state index contributed by atoms with van der Waals surface area (Å²) in [5.74, 6) is 0.691. The number of amides is 2. The molecule has 4 fully saturated rings. The van der Waals surface area contributed by atoms with Crippen LogP contribution in [0, 0.1) is 17.8 Å². The fraction of sp³-hybridized carbons (Fsp3) is 0.565. The van der Waals surface area contributed by atoms with E-state index in [0.717, 1.165) is 31.4 Å². The molecule has 0 spiro atoms. The van der Waals surface area contributed by atoms with Crippen LogP contribution in [0.1, 0.15) is 30.4 Å².